The molecule has 4 saturated heterocycles. The summed E-state index contributed by atoms with van der Waals surface area (Å²) in [5, 5.41) is 16.5. The fourth-order valence-corrected chi connectivity index (χ4v) is 17.0. The van der Waals surface area contributed by atoms with E-state index in [-0.39, 0.29) is 39.1 Å². The number of hydrogen-bond donors (Lipinski definition) is 3. The maximum Gasteiger partial charge on any atom is 0.263 e. The molecule has 4 N–H and O–H groups in total. The van der Waals surface area contributed by atoms with Crippen molar-refractivity contribution in [2.75, 3.05) is 85.6 Å². The number of aliphatic hydroxyl groups is 1. The molecule has 4 aromatic carbocycles. The molecule has 27 heteroatoms. The average Bonchev–Trinajstić information content (AvgIpc) is 1.41. The van der Waals surface area contributed by atoms with Crippen molar-refractivity contribution in [3.63, 3.8) is 0 Å². The first-order valence-corrected chi connectivity index (χ1v) is 37.8. The van der Waals surface area contributed by atoms with Crippen LogP contribution in [0, 0.1) is 63.2 Å². The predicted octanol–water partition coefficient (Wildman–Crippen LogP) is 15.1. The SMILES string of the molecule is CNC1(C)CCN(c2cc(=O)n(-c3cccc(Cl)c3Cl)c(C)n2)CC1.Cc1c(N2C[C@H]3CCC[C@@]3(CN)C2)nc(C)n(-c2cccc(Cl)c2Cl)c1=O.Cc1nc(N2CCC3(CCC3C)CC2)cc(=O)n1-c1cccc(Cl)c1Cl.Cc1nc(N2CC[C@H](C)[C@H](O)C2)cc(=O)n1-c1cccc(Cl)c1Cl. The summed E-state index contributed by atoms with van der Waals surface area (Å²) in [5.41, 5.74) is 9.19. The number of hydrogen-bond acceptors (Lipinski definition) is 15. The molecule has 0 amide bonds. The van der Waals surface area contributed by atoms with Crippen molar-refractivity contribution in [1.29, 1.82) is 0 Å². The van der Waals surface area contributed by atoms with Gasteiger partial charge in [0, 0.05) is 81.5 Å². The molecule has 0 radical (unpaired) electrons. The van der Waals surface area contributed by atoms with Gasteiger partial charge in [0.2, 0.25) is 0 Å². The Morgan fingerprint density at radius 3 is 1.29 bits per heavy atom. The molecule has 2 aliphatic carbocycles. The van der Waals surface area contributed by atoms with Crippen molar-refractivity contribution >= 4 is 116 Å². The normalized spacial score (nSPS) is 21.1. The summed E-state index contributed by atoms with van der Waals surface area (Å²) in [7, 11) is 1.99. The Hall–Kier alpha value is -6.20. The Morgan fingerprint density at radius 2 is 0.922 bits per heavy atom. The second kappa shape index (κ2) is 31.9. The van der Waals surface area contributed by atoms with Gasteiger partial charge < -0.3 is 35.8 Å². The van der Waals surface area contributed by atoms with E-state index in [2.05, 4.69) is 43.8 Å². The molecule has 0 bridgehead atoms. The number of fused-ring (bicyclic) bond motifs is 1. The third kappa shape index (κ3) is 15.7. The number of aromatic nitrogens is 8. The minimum absolute atomic E-state index is 0.111. The van der Waals surface area contributed by atoms with E-state index in [0.29, 0.717) is 122 Å². The topological polar surface area (TPSA) is 211 Å². The summed E-state index contributed by atoms with van der Waals surface area (Å²) in [5.74, 6) is 6.85. The Kier molecular flexibility index (Phi) is 24.0. The number of halogens is 8. The van der Waals surface area contributed by atoms with Gasteiger partial charge >= 0.3 is 0 Å². The molecule has 6 fully saturated rings. The molecular formula is C75H88Cl8N14O5. The van der Waals surface area contributed by atoms with Crippen LogP contribution in [0.15, 0.2) is 110 Å². The van der Waals surface area contributed by atoms with Crippen LogP contribution in [0.4, 0.5) is 23.3 Å². The standard InChI is InChI=1S/C20H24Cl2N4O.C20H23Cl2N3O.C18H22Cl2N4O.C17H19Cl2N3O2/c1-12-18(25-9-14-5-4-8-20(14,10-23)11-25)24-13(2)26(19(12)27)16-7-3-6-15(21)17(16)22;1-13-6-7-20(13)8-10-24(11-9-20)17-12-18(26)25(14(2)23-17)16-5-3-4-15(21)19(16)22;1-12-22-15(23-9-7-18(2,21-3)8-10-23)11-16(25)24(12)14-6-4-5-13(19)17(14)20;1-10-6-7-21(9-14(10)23)15-8-16(24)22(11(2)20-15)13-5-3-4-12(18)17(13)19/h3,6-7,14H,4-5,8-11,23H2,1-2H3;3-5,12-13H,6-11H2,1-2H3;4-6,11,21H,7-10H2,1-3H3;3-5,8,10,14,23H,6-7,9H2,1-2H3/t14-,20-;;;10-,14+/m1..0/s1. The van der Waals surface area contributed by atoms with Gasteiger partial charge in [0.15, 0.2) is 0 Å². The summed E-state index contributed by atoms with van der Waals surface area (Å²) < 4.78 is 6.01. The molecule has 6 aliphatic rings. The first-order chi connectivity index (χ1) is 48.5. The molecule has 2 saturated carbocycles. The number of β-amino-alcohol motifs (C(OH)–C–C–N with tert-alkyl or cyclic N) is 1. The van der Waals surface area contributed by atoms with Gasteiger partial charge in [-0.15, -0.1) is 0 Å². The van der Waals surface area contributed by atoms with E-state index in [1.165, 1.54) is 58.3 Å². The van der Waals surface area contributed by atoms with Gasteiger partial charge in [0.1, 0.15) is 46.6 Å². The zero-order valence-electron chi connectivity index (χ0n) is 59.0. The maximum atomic E-state index is 13.2. The van der Waals surface area contributed by atoms with Crippen LogP contribution in [0.25, 0.3) is 22.7 Å². The number of benzene rings is 4. The van der Waals surface area contributed by atoms with Gasteiger partial charge in [0.25, 0.3) is 22.2 Å². The molecule has 19 nitrogen and oxygen atoms in total. The molecule has 1 spiro atoms. The van der Waals surface area contributed by atoms with Crippen molar-refractivity contribution in [2.45, 2.75) is 131 Å². The van der Waals surface area contributed by atoms with Gasteiger partial charge in [-0.25, -0.2) is 19.9 Å². The highest BCUT2D eigenvalue weighted by Gasteiger charge is 2.49. The number of aryl methyl sites for hydroxylation is 4. The van der Waals surface area contributed by atoms with Crippen molar-refractivity contribution < 1.29 is 5.11 Å². The molecule has 102 heavy (non-hydrogen) atoms. The van der Waals surface area contributed by atoms with Crippen molar-refractivity contribution in [2.24, 2.45) is 34.3 Å². The monoisotopic (exact) mass is 1540 g/mol. The van der Waals surface area contributed by atoms with E-state index in [9.17, 15) is 24.3 Å². The van der Waals surface area contributed by atoms with E-state index in [0.717, 1.165) is 94.9 Å². The smallest absolute Gasteiger partial charge is 0.263 e. The Balaban J connectivity index is 0.000000137. The fourth-order valence-electron chi connectivity index (χ4n) is 15.5. The van der Waals surface area contributed by atoms with Gasteiger partial charge in [-0.05, 0) is 185 Å². The van der Waals surface area contributed by atoms with Crippen LogP contribution < -0.4 is 52.9 Å². The number of aliphatic hydroxyl groups excluding tert-OH is 1. The quantitative estimate of drug-likeness (QED) is 0.116. The average molecular weight is 1550 g/mol. The number of rotatable bonds is 10. The summed E-state index contributed by atoms with van der Waals surface area (Å²) in [4.78, 5) is 78.7. The number of piperidine rings is 3. The zero-order valence-corrected chi connectivity index (χ0v) is 65.0. The molecule has 544 valence electrons. The van der Waals surface area contributed by atoms with Crippen LogP contribution >= 0.6 is 92.8 Å². The summed E-state index contributed by atoms with van der Waals surface area (Å²) in [6.07, 6.45) is 11.2. The van der Waals surface area contributed by atoms with Crippen molar-refractivity contribution in [3.05, 3.63) is 201 Å². The van der Waals surface area contributed by atoms with Crippen LogP contribution in [-0.4, -0.2) is 121 Å². The van der Waals surface area contributed by atoms with E-state index in [4.69, 9.17) is 109 Å². The molecule has 4 aliphatic heterocycles. The molecule has 1 unspecified atom stereocenters. The number of anilines is 4. The zero-order chi connectivity index (χ0) is 73.4. The second-order valence-electron chi connectivity index (χ2n) is 28.4. The first kappa shape index (κ1) is 76.9. The Bertz CT molecular complexity index is 4690. The fraction of sp³-hybridized carbons (Fsp3) is 0.467. The van der Waals surface area contributed by atoms with Crippen LogP contribution in [0.3, 0.4) is 0 Å². The Morgan fingerprint density at radius 1 is 0.510 bits per heavy atom. The highest BCUT2D eigenvalue weighted by molar-refractivity contribution is 6.44. The minimum Gasteiger partial charge on any atom is -0.391 e. The Labute approximate surface area is 635 Å². The molecule has 4 aromatic heterocycles. The molecule has 8 heterocycles. The summed E-state index contributed by atoms with van der Waals surface area (Å²) in [6, 6.07) is 25.6. The van der Waals surface area contributed by atoms with E-state index in [1.807, 2.05) is 46.6 Å². The first-order valence-electron chi connectivity index (χ1n) is 34.8. The van der Waals surface area contributed by atoms with E-state index >= 15 is 0 Å². The third-order valence-electron chi connectivity index (χ3n) is 22.3. The van der Waals surface area contributed by atoms with E-state index < -0.39 is 6.10 Å². The molecule has 8 aromatic rings. The molecule has 5 atom stereocenters. The molecule has 14 rings (SSSR count). The lowest BCUT2D eigenvalue weighted by molar-refractivity contribution is 0.0163. The number of nitrogens with two attached hydrogens (primary N) is 1. The van der Waals surface area contributed by atoms with Gasteiger partial charge in [0.05, 0.1) is 74.6 Å². The predicted molar refractivity (Wildman–Crippen MR) is 417 cm³/mol. The van der Waals surface area contributed by atoms with Crippen LogP contribution in [0.1, 0.15) is 114 Å². The number of nitrogens with zero attached hydrogens (tertiary/aromatic N) is 12. The lowest BCUT2D eigenvalue weighted by Gasteiger charge is -2.53. The largest absolute Gasteiger partial charge is 0.391 e. The second-order valence-corrected chi connectivity index (χ2v) is 31.6. The summed E-state index contributed by atoms with van der Waals surface area (Å²) in [6.45, 7) is 23.1. The van der Waals surface area contributed by atoms with Crippen LogP contribution in [-0.2, 0) is 0 Å². The van der Waals surface area contributed by atoms with Crippen molar-refractivity contribution in [3.8, 4) is 22.7 Å². The van der Waals surface area contributed by atoms with Gasteiger partial charge in [-0.1, -0.05) is 137 Å². The van der Waals surface area contributed by atoms with Gasteiger partial charge in [-0.2, -0.15) is 0 Å². The summed E-state index contributed by atoms with van der Waals surface area (Å²) >= 11 is 49.5. The highest BCUT2D eigenvalue weighted by Crippen LogP contribution is 2.54. The lowest BCUT2D eigenvalue weighted by Crippen LogP contribution is -2.50. The highest BCUT2D eigenvalue weighted by atomic mass is 35.5. The number of nitrogens with one attached hydrogen (secondary N) is 1. The minimum atomic E-state index is -0.411. The van der Waals surface area contributed by atoms with Crippen molar-refractivity contribution in [1.82, 2.24) is 43.5 Å². The van der Waals surface area contributed by atoms with Gasteiger partial charge in [-0.3, -0.25) is 37.4 Å². The van der Waals surface area contributed by atoms with Crippen LogP contribution in [0.5, 0.6) is 0 Å². The molecular weight excluding hydrogens is 1460 g/mol. The third-order valence-corrected chi connectivity index (χ3v) is 25.6. The van der Waals surface area contributed by atoms with Crippen LogP contribution in [0.2, 0.25) is 40.2 Å². The maximum absolute atomic E-state index is 13.2. The van der Waals surface area contributed by atoms with E-state index in [1.54, 1.807) is 96.4 Å². The lowest BCUT2D eigenvalue weighted by atomic mass is 9.56.